The third kappa shape index (κ3) is 22.5. The molecule has 0 heterocycles. The summed E-state index contributed by atoms with van der Waals surface area (Å²) >= 11 is 0. The van der Waals surface area contributed by atoms with Gasteiger partial charge in [0.15, 0.2) is 0 Å². The van der Waals surface area contributed by atoms with Crippen molar-refractivity contribution in [1.82, 2.24) is 0 Å². The van der Waals surface area contributed by atoms with Crippen LogP contribution in [0, 0.1) is 18.8 Å². The van der Waals surface area contributed by atoms with E-state index < -0.39 is 48.9 Å². The van der Waals surface area contributed by atoms with Crippen LogP contribution < -0.4 is 0 Å². The van der Waals surface area contributed by atoms with Gasteiger partial charge in [-0.3, -0.25) is 9.59 Å². The molecule has 0 aliphatic rings. The Morgan fingerprint density at radius 2 is 1.65 bits per heavy atom. The summed E-state index contributed by atoms with van der Waals surface area (Å²) in [4.78, 5) is 22.1. The van der Waals surface area contributed by atoms with Gasteiger partial charge in [-0.25, -0.2) is 0 Å². The highest BCUT2D eigenvalue weighted by Gasteiger charge is 2.32. The summed E-state index contributed by atoms with van der Waals surface area (Å²) in [5.74, 6) is -3.61. The van der Waals surface area contributed by atoms with Gasteiger partial charge in [0.05, 0.1) is 12.3 Å². The number of aliphatic carboxylic acids is 1. The number of terminal acetylenes is 1. The molecular weight excluding hydrogens is 313 g/mol. The minimum absolute atomic E-state index is 0.553. The molecule has 0 unspecified atom stereocenters. The van der Waals surface area contributed by atoms with Crippen molar-refractivity contribution in [2.24, 2.45) is 5.92 Å². The lowest BCUT2D eigenvalue weighted by atomic mass is 9.99. The highest BCUT2D eigenvalue weighted by Crippen LogP contribution is 2.26. The summed E-state index contributed by atoms with van der Waals surface area (Å²) < 4.78 is 40.8. The molecular formula is C16H25F3O4. The molecule has 0 aromatic heterocycles. The van der Waals surface area contributed by atoms with Gasteiger partial charge in [0.1, 0.15) is 5.60 Å². The maximum Gasteiger partial charge on any atom is 0.389 e. The van der Waals surface area contributed by atoms with Crippen LogP contribution in [0.4, 0.5) is 13.2 Å². The number of hydrogen-bond acceptors (Lipinski definition) is 3. The monoisotopic (exact) mass is 338 g/mol. The summed E-state index contributed by atoms with van der Waals surface area (Å²) in [5, 5.41) is 8.74. The molecule has 0 amide bonds. The Morgan fingerprint density at radius 1 is 1.26 bits per heavy atom. The summed E-state index contributed by atoms with van der Waals surface area (Å²) in [7, 11) is 0. The fourth-order valence-corrected chi connectivity index (χ4v) is 1.24. The number of carbonyl (C=O) groups is 2. The Hall–Kier alpha value is -1.97. The van der Waals surface area contributed by atoms with Crippen molar-refractivity contribution in [2.45, 2.75) is 58.7 Å². The molecule has 1 N–H and O–H groups in total. The standard InChI is InChI=1S/C11H17F3O4.C3H6.C2H2/c1-10(2,3)18-8(15)6-7(9(16)17)4-5-11(12,13)14;1-3-2;1-2/h7H,4-6H2,1-3H3,(H,16,17);3H,1H2,2H3;1-2H/t7-;;/m1../s1. The maximum absolute atomic E-state index is 12.0. The van der Waals surface area contributed by atoms with Crippen molar-refractivity contribution in [3.8, 4) is 12.8 Å². The van der Waals surface area contributed by atoms with E-state index in [4.69, 9.17) is 9.84 Å². The topological polar surface area (TPSA) is 63.6 Å². The molecule has 0 rings (SSSR count). The van der Waals surface area contributed by atoms with Crippen LogP contribution in [0.5, 0.6) is 0 Å². The zero-order valence-corrected chi connectivity index (χ0v) is 13.9. The van der Waals surface area contributed by atoms with Crippen molar-refractivity contribution in [3.63, 3.8) is 0 Å². The van der Waals surface area contributed by atoms with Crippen molar-refractivity contribution >= 4 is 11.9 Å². The second-order valence-electron chi connectivity index (χ2n) is 5.39. The molecule has 7 heteroatoms. The largest absolute Gasteiger partial charge is 0.481 e. The van der Waals surface area contributed by atoms with E-state index in [1.807, 2.05) is 6.92 Å². The molecule has 0 fully saturated rings. The van der Waals surface area contributed by atoms with Crippen molar-refractivity contribution in [1.29, 1.82) is 0 Å². The minimum Gasteiger partial charge on any atom is -0.481 e. The number of alkyl halides is 3. The smallest absolute Gasteiger partial charge is 0.389 e. The van der Waals surface area contributed by atoms with Gasteiger partial charge in [0.25, 0.3) is 0 Å². The van der Waals surface area contributed by atoms with Crippen LogP contribution in [0.3, 0.4) is 0 Å². The summed E-state index contributed by atoms with van der Waals surface area (Å²) in [6.45, 7) is 10.0. The zero-order valence-electron chi connectivity index (χ0n) is 13.9. The average molecular weight is 338 g/mol. The Morgan fingerprint density at radius 3 is 1.91 bits per heavy atom. The first-order chi connectivity index (χ1) is 10.3. The van der Waals surface area contributed by atoms with Crippen LogP contribution in [0.1, 0.15) is 47.0 Å². The predicted octanol–water partition coefficient (Wildman–Crippen LogP) is 4.20. The number of halogens is 3. The quantitative estimate of drug-likeness (QED) is 0.463. The van der Waals surface area contributed by atoms with E-state index in [1.165, 1.54) is 0 Å². The first-order valence-corrected chi connectivity index (χ1v) is 6.74. The Kier molecular flexibility index (Phi) is 14.2. The lowest BCUT2D eigenvalue weighted by Gasteiger charge is -2.21. The van der Waals surface area contributed by atoms with Crippen molar-refractivity contribution in [2.75, 3.05) is 0 Å². The first kappa shape index (κ1) is 26.0. The van der Waals surface area contributed by atoms with E-state index in [-0.39, 0.29) is 0 Å². The zero-order chi connectivity index (χ0) is 19.3. The lowest BCUT2D eigenvalue weighted by molar-refractivity contribution is -0.162. The van der Waals surface area contributed by atoms with Crippen LogP contribution in [0.2, 0.25) is 0 Å². The van der Waals surface area contributed by atoms with Crippen LogP contribution >= 0.6 is 0 Å². The molecule has 0 radical (unpaired) electrons. The Labute approximate surface area is 135 Å². The van der Waals surface area contributed by atoms with Crippen LogP contribution in [-0.4, -0.2) is 28.8 Å². The fourth-order valence-electron chi connectivity index (χ4n) is 1.24. The van der Waals surface area contributed by atoms with E-state index in [2.05, 4.69) is 19.4 Å². The molecule has 23 heavy (non-hydrogen) atoms. The molecule has 0 saturated carbocycles. The number of carboxylic acids is 1. The third-order valence-corrected chi connectivity index (χ3v) is 1.96. The molecule has 4 nitrogen and oxygen atoms in total. The van der Waals surface area contributed by atoms with Gasteiger partial charge < -0.3 is 9.84 Å². The number of rotatable bonds is 5. The van der Waals surface area contributed by atoms with Crippen LogP contribution in [0.25, 0.3) is 0 Å². The molecule has 0 aliphatic carbocycles. The first-order valence-electron chi connectivity index (χ1n) is 6.74. The molecule has 0 saturated heterocycles. The molecule has 0 spiro atoms. The number of ether oxygens (including phenoxy) is 1. The fraction of sp³-hybridized carbons (Fsp3) is 0.625. The molecule has 134 valence electrons. The number of hydrogen-bond donors (Lipinski definition) is 1. The van der Waals surface area contributed by atoms with Gasteiger partial charge in [0, 0.05) is 6.42 Å². The molecule has 1 atom stereocenters. The van der Waals surface area contributed by atoms with E-state index in [0.29, 0.717) is 0 Å². The summed E-state index contributed by atoms with van der Waals surface area (Å²) in [6.07, 6.45) is 2.91. The van der Waals surface area contributed by atoms with Gasteiger partial charge >= 0.3 is 18.1 Å². The number of allylic oxidation sites excluding steroid dienone is 1. The summed E-state index contributed by atoms with van der Waals surface area (Å²) in [6, 6.07) is 0. The molecule has 0 aliphatic heterocycles. The van der Waals surface area contributed by atoms with E-state index in [0.717, 1.165) is 0 Å². The number of carboxylic acid groups (broad SMARTS) is 1. The molecule has 0 bridgehead atoms. The van der Waals surface area contributed by atoms with Gasteiger partial charge in [-0.15, -0.1) is 19.4 Å². The van der Waals surface area contributed by atoms with Gasteiger partial charge in [0.2, 0.25) is 0 Å². The van der Waals surface area contributed by atoms with E-state index in [1.54, 1.807) is 26.8 Å². The highest BCUT2D eigenvalue weighted by atomic mass is 19.4. The van der Waals surface area contributed by atoms with Crippen LogP contribution in [0.15, 0.2) is 12.7 Å². The third-order valence-electron chi connectivity index (χ3n) is 1.96. The predicted molar refractivity (Wildman–Crippen MR) is 82.6 cm³/mol. The van der Waals surface area contributed by atoms with Gasteiger partial charge in [-0.05, 0) is 34.1 Å². The highest BCUT2D eigenvalue weighted by molar-refractivity contribution is 5.78. The average Bonchev–Trinajstić information content (AvgIpc) is 2.34. The minimum atomic E-state index is -4.43. The maximum atomic E-state index is 12.0. The summed E-state index contributed by atoms with van der Waals surface area (Å²) in [5.41, 5.74) is -0.788. The Balaban J connectivity index is -0.000000710. The molecule has 0 aromatic carbocycles. The van der Waals surface area contributed by atoms with E-state index in [9.17, 15) is 22.8 Å². The number of esters is 1. The van der Waals surface area contributed by atoms with Crippen LogP contribution in [-0.2, 0) is 14.3 Å². The Bertz CT molecular complexity index is 379. The second-order valence-corrected chi connectivity index (χ2v) is 5.39. The number of carbonyl (C=O) groups excluding carboxylic acids is 1. The van der Waals surface area contributed by atoms with Gasteiger partial charge in [-0.2, -0.15) is 13.2 Å². The molecule has 0 aromatic rings. The van der Waals surface area contributed by atoms with Crippen molar-refractivity contribution in [3.05, 3.63) is 12.7 Å². The lowest BCUT2D eigenvalue weighted by Crippen LogP contribution is -2.28. The van der Waals surface area contributed by atoms with E-state index >= 15 is 0 Å². The SMILES string of the molecule is C#C.C=CC.CC(C)(C)OC(=O)C[C@@H](CCC(F)(F)F)C(=O)O. The van der Waals surface area contributed by atoms with Crippen molar-refractivity contribution < 1.29 is 32.6 Å². The van der Waals surface area contributed by atoms with Gasteiger partial charge in [-0.1, -0.05) is 6.08 Å². The second kappa shape index (κ2) is 12.6. The normalized spacial score (nSPS) is 11.7.